The van der Waals surface area contributed by atoms with Gasteiger partial charge >= 0.3 is 0 Å². The number of aryl methyl sites for hydroxylation is 1. The molecule has 1 fully saturated rings. The summed E-state index contributed by atoms with van der Waals surface area (Å²) in [5.41, 5.74) is 3.99. The molecule has 0 unspecified atom stereocenters. The van der Waals surface area contributed by atoms with Crippen molar-refractivity contribution in [2.75, 3.05) is 16.0 Å². The van der Waals surface area contributed by atoms with Gasteiger partial charge < -0.3 is 5.32 Å². The Bertz CT molecular complexity index is 838. The van der Waals surface area contributed by atoms with Crippen molar-refractivity contribution in [3.05, 3.63) is 59.7 Å². The van der Waals surface area contributed by atoms with Crippen molar-refractivity contribution in [1.29, 1.82) is 0 Å². The van der Waals surface area contributed by atoms with Crippen LogP contribution in [0.25, 0.3) is 0 Å². The molecule has 0 spiro atoms. The average molecular weight is 397 g/mol. The van der Waals surface area contributed by atoms with E-state index in [2.05, 4.69) is 24.4 Å². The van der Waals surface area contributed by atoms with Crippen LogP contribution in [0.2, 0.25) is 0 Å². The summed E-state index contributed by atoms with van der Waals surface area (Å²) in [6.07, 6.45) is 1.46. The molecule has 1 aliphatic heterocycles. The van der Waals surface area contributed by atoms with Crippen molar-refractivity contribution in [3.63, 3.8) is 0 Å². The molecular weight excluding hydrogens is 368 g/mol. The van der Waals surface area contributed by atoms with Crippen molar-refractivity contribution in [1.82, 2.24) is 0 Å². The number of carbonyl (C=O) groups excluding carboxylic acids is 2. The van der Waals surface area contributed by atoms with Crippen LogP contribution in [0.15, 0.2) is 48.5 Å². The molecule has 1 aliphatic rings. The molecule has 0 saturated carbocycles. The van der Waals surface area contributed by atoms with E-state index in [1.54, 1.807) is 11.8 Å². The second-order valence-corrected chi connectivity index (χ2v) is 9.42. The molecule has 5 heteroatoms. The zero-order valence-electron chi connectivity index (χ0n) is 17.0. The largest absolute Gasteiger partial charge is 0.326 e. The van der Waals surface area contributed by atoms with Crippen molar-refractivity contribution in [2.45, 2.75) is 45.9 Å². The average Bonchev–Trinajstić information content (AvgIpc) is 3.02. The number of hydrogen-bond acceptors (Lipinski definition) is 3. The Morgan fingerprint density at radius 1 is 1.11 bits per heavy atom. The lowest BCUT2D eigenvalue weighted by Gasteiger charge is -2.25. The molecule has 0 aliphatic carbocycles. The molecule has 3 rings (SSSR count). The molecular formula is C23H28N2O2S. The van der Waals surface area contributed by atoms with Gasteiger partial charge in [-0.2, -0.15) is 0 Å². The Labute approximate surface area is 171 Å². The van der Waals surface area contributed by atoms with Gasteiger partial charge in [-0.15, -0.1) is 11.8 Å². The summed E-state index contributed by atoms with van der Waals surface area (Å²) >= 11 is 1.63. The molecule has 2 amide bonds. The van der Waals surface area contributed by atoms with Gasteiger partial charge in [0.15, 0.2) is 0 Å². The smallest absolute Gasteiger partial charge is 0.238 e. The fourth-order valence-electron chi connectivity index (χ4n) is 3.26. The number of nitrogens with one attached hydrogen (secondary N) is 1. The van der Waals surface area contributed by atoms with E-state index in [1.807, 2.05) is 62.1 Å². The molecule has 28 heavy (non-hydrogen) atoms. The third-order valence-corrected chi connectivity index (χ3v) is 5.87. The molecule has 0 bridgehead atoms. The minimum atomic E-state index is -0.0430. The van der Waals surface area contributed by atoms with Gasteiger partial charge in [-0.1, -0.05) is 52.0 Å². The third kappa shape index (κ3) is 4.96. The van der Waals surface area contributed by atoms with Gasteiger partial charge in [0.2, 0.25) is 11.8 Å². The molecule has 0 radical (unpaired) electrons. The van der Waals surface area contributed by atoms with E-state index >= 15 is 0 Å². The first-order valence-electron chi connectivity index (χ1n) is 9.69. The van der Waals surface area contributed by atoms with E-state index in [9.17, 15) is 9.59 Å². The second kappa shape index (κ2) is 8.39. The number of hydrogen-bond donors (Lipinski definition) is 1. The standard InChI is InChI=1S/C23H28N2O2S/c1-5-16-6-12-19(13-7-16)25-21(27)15-28-22(25)17-8-10-18(11-9-17)24-20(26)14-23(2,3)4/h6-13,22H,5,14-15H2,1-4H3,(H,24,26)/t22-/m0/s1. The third-order valence-electron chi connectivity index (χ3n) is 4.66. The second-order valence-electron chi connectivity index (χ2n) is 8.35. The first-order chi connectivity index (χ1) is 13.3. The Hall–Kier alpha value is -2.27. The van der Waals surface area contributed by atoms with Crippen LogP contribution in [-0.2, 0) is 16.0 Å². The summed E-state index contributed by atoms with van der Waals surface area (Å²) in [7, 11) is 0. The molecule has 1 saturated heterocycles. The van der Waals surface area contributed by atoms with Gasteiger partial charge in [-0.25, -0.2) is 0 Å². The molecule has 0 aromatic heterocycles. The SMILES string of the molecule is CCc1ccc(N2C(=O)CS[C@H]2c2ccc(NC(=O)CC(C)(C)C)cc2)cc1. The number of amides is 2. The summed E-state index contributed by atoms with van der Waals surface area (Å²) in [5, 5.41) is 2.91. The molecule has 148 valence electrons. The summed E-state index contributed by atoms with van der Waals surface area (Å²) in [4.78, 5) is 26.5. The Morgan fingerprint density at radius 3 is 2.32 bits per heavy atom. The Morgan fingerprint density at radius 2 is 1.75 bits per heavy atom. The van der Waals surface area contributed by atoms with Crippen LogP contribution in [0.3, 0.4) is 0 Å². The zero-order chi connectivity index (χ0) is 20.3. The summed E-state index contributed by atoms with van der Waals surface area (Å²) in [5.74, 6) is 0.620. The fourth-order valence-corrected chi connectivity index (χ4v) is 4.44. The van der Waals surface area contributed by atoms with Gasteiger partial charge in [0.25, 0.3) is 0 Å². The summed E-state index contributed by atoms with van der Waals surface area (Å²) in [6.45, 7) is 8.26. The van der Waals surface area contributed by atoms with E-state index in [0.717, 1.165) is 23.4 Å². The molecule has 4 nitrogen and oxygen atoms in total. The lowest BCUT2D eigenvalue weighted by Crippen LogP contribution is -2.27. The quantitative estimate of drug-likeness (QED) is 0.736. The topological polar surface area (TPSA) is 49.4 Å². The van der Waals surface area contributed by atoms with Gasteiger partial charge in [-0.05, 0) is 47.2 Å². The number of benzene rings is 2. The predicted octanol–water partition coefficient (Wildman–Crippen LogP) is 5.40. The zero-order valence-corrected chi connectivity index (χ0v) is 17.8. The highest BCUT2D eigenvalue weighted by atomic mass is 32.2. The molecule has 2 aromatic carbocycles. The predicted molar refractivity (Wildman–Crippen MR) is 118 cm³/mol. The normalized spacial score (nSPS) is 17.1. The first-order valence-corrected chi connectivity index (χ1v) is 10.7. The van der Waals surface area contributed by atoms with E-state index in [4.69, 9.17) is 0 Å². The van der Waals surface area contributed by atoms with Crippen LogP contribution in [0.4, 0.5) is 11.4 Å². The van der Waals surface area contributed by atoms with Crippen molar-refractivity contribution in [2.24, 2.45) is 5.41 Å². The number of nitrogens with zero attached hydrogens (tertiary/aromatic N) is 1. The van der Waals surface area contributed by atoms with E-state index in [0.29, 0.717) is 12.2 Å². The van der Waals surface area contributed by atoms with Gasteiger partial charge in [0.05, 0.1) is 5.75 Å². The van der Waals surface area contributed by atoms with Crippen LogP contribution in [-0.4, -0.2) is 17.6 Å². The lowest BCUT2D eigenvalue weighted by molar-refractivity contribution is -0.118. The number of anilines is 2. The minimum Gasteiger partial charge on any atom is -0.326 e. The fraction of sp³-hybridized carbons (Fsp3) is 0.391. The van der Waals surface area contributed by atoms with Crippen LogP contribution in [0.5, 0.6) is 0 Å². The Balaban J connectivity index is 1.74. The van der Waals surface area contributed by atoms with Crippen LogP contribution in [0.1, 0.15) is 50.6 Å². The van der Waals surface area contributed by atoms with Gasteiger partial charge in [0.1, 0.15) is 5.37 Å². The summed E-state index contributed by atoms with van der Waals surface area (Å²) in [6, 6.07) is 16.0. The van der Waals surface area contributed by atoms with Crippen LogP contribution < -0.4 is 10.2 Å². The van der Waals surface area contributed by atoms with Crippen molar-refractivity contribution < 1.29 is 9.59 Å². The number of carbonyl (C=O) groups is 2. The van der Waals surface area contributed by atoms with Crippen LogP contribution in [0, 0.1) is 5.41 Å². The molecule has 1 atom stereocenters. The minimum absolute atomic E-state index is 0.0170. The lowest BCUT2D eigenvalue weighted by atomic mass is 9.92. The van der Waals surface area contributed by atoms with E-state index in [-0.39, 0.29) is 22.6 Å². The van der Waals surface area contributed by atoms with E-state index in [1.165, 1.54) is 5.56 Å². The summed E-state index contributed by atoms with van der Waals surface area (Å²) < 4.78 is 0. The number of rotatable bonds is 5. The highest BCUT2D eigenvalue weighted by Crippen LogP contribution is 2.42. The highest BCUT2D eigenvalue weighted by Gasteiger charge is 2.34. The maximum absolute atomic E-state index is 12.5. The van der Waals surface area contributed by atoms with Crippen molar-refractivity contribution >= 4 is 35.0 Å². The molecule has 1 N–H and O–H groups in total. The first kappa shape index (κ1) is 20.5. The maximum atomic E-state index is 12.5. The van der Waals surface area contributed by atoms with Crippen molar-refractivity contribution in [3.8, 4) is 0 Å². The van der Waals surface area contributed by atoms with Gasteiger partial charge in [-0.3, -0.25) is 14.5 Å². The monoisotopic (exact) mass is 396 g/mol. The Kier molecular flexibility index (Phi) is 6.14. The molecule has 2 aromatic rings. The number of thioether (sulfide) groups is 1. The van der Waals surface area contributed by atoms with Gasteiger partial charge in [0, 0.05) is 17.8 Å². The van der Waals surface area contributed by atoms with E-state index < -0.39 is 0 Å². The maximum Gasteiger partial charge on any atom is 0.238 e. The molecule has 1 heterocycles. The van der Waals surface area contributed by atoms with Crippen LogP contribution >= 0.6 is 11.8 Å². The highest BCUT2D eigenvalue weighted by molar-refractivity contribution is 8.00.